The van der Waals surface area contributed by atoms with Crippen LogP contribution in [0.3, 0.4) is 0 Å². The summed E-state index contributed by atoms with van der Waals surface area (Å²) < 4.78 is 20.1. The molecule has 0 aliphatic carbocycles. The highest BCUT2D eigenvalue weighted by Gasteiger charge is 2.28. The molecule has 1 saturated heterocycles. The van der Waals surface area contributed by atoms with Crippen LogP contribution in [0, 0.1) is 5.82 Å². The molecule has 1 unspecified atom stereocenters. The van der Waals surface area contributed by atoms with Crippen molar-refractivity contribution in [3.05, 3.63) is 35.1 Å². The Bertz CT molecular complexity index is 737. The average molecular weight is 406 g/mol. The third-order valence-electron chi connectivity index (χ3n) is 5.20. The molecule has 7 heteroatoms. The molecule has 1 aliphatic rings. The van der Waals surface area contributed by atoms with Crippen LogP contribution in [-0.2, 0) is 14.3 Å². The van der Waals surface area contributed by atoms with Gasteiger partial charge in [-0.15, -0.1) is 0 Å². The maximum Gasteiger partial charge on any atom is 0.410 e. The number of piperidine rings is 1. The van der Waals surface area contributed by atoms with Crippen molar-refractivity contribution in [2.24, 2.45) is 0 Å². The zero-order chi connectivity index (χ0) is 21.6. The van der Waals surface area contributed by atoms with Crippen molar-refractivity contribution in [2.45, 2.75) is 70.8 Å². The van der Waals surface area contributed by atoms with Crippen molar-refractivity contribution >= 4 is 18.4 Å². The molecule has 0 radical (unpaired) electrons. The zero-order valence-corrected chi connectivity index (χ0v) is 17.7. The van der Waals surface area contributed by atoms with E-state index in [4.69, 9.17) is 4.74 Å². The molecule has 0 aromatic heterocycles. The van der Waals surface area contributed by atoms with Gasteiger partial charge in [0.25, 0.3) is 0 Å². The summed E-state index contributed by atoms with van der Waals surface area (Å²) >= 11 is 0. The van der Waals surface area contributed by atoms with E-state index in [1.807, 2.05) is 33.8 Å². The maximum absolute atomic E-state index is 14.7. The van der Waals surface area contributed by atoms with Crippen LogP contribution in [0.2, 0.25) is 0 Å². The minimum absolute atomic E-state index is 0.129. The second-order valence-electron chi connectivity index (χ2n) is 8.65. The van der Waals surface area contributed by atoms with Crippen LogP contribution in [0.4, 0.5) is 9.18 Å². The van der Waals surface area contributed by atoms with Gasteiger partial charge in [0, 0.05) is 19.5 Å². The van der Waals surface area contributed by atoms with E-state index in [9.17, 15) is 18.8 Å². The summed E-state index contributed by atoms with van der Waals surface area (Å²) in [4.78, 5) is 35.6. The minimum Gasteiger partial charge on any atom is -0.444 e. The average Bonchev–Trinajstić information content (AvgIpc) is 2.65. The molecule has 1 aliphatic heterocycles. The minimum atomic E-state index is -0.516. The number of benzene rings is 1. The van der Waals surface area contributed by atoms with Gasteiger partial charge in [-0.05, 0) is 69.1 Å². The summed E-state index contributed by atoms with van der Waals surface area (Å²) in [5.74, 6) is -0.567. The molecule has 160 valence electrons. The topological polar surface area (TPSA) is 75.7 Å². The Morgan fingerprint density at radius 3 is 2.52 bits per heavy atom. The molecule has 6 nitrogen and oxygen atoms in total. The normalized spacial score (nSPS) is 16.2. The number of nitrogens with zero attached hydrogens (tertiary/aromatic N) is 1. The summed E-state index contributed by atoms with van der Waals surface area (Å²) in [5.41, 5.74) is 0.983. The summed E-state index contributed by atoms with van der Waals surface area (Å²) in [6, 6.07) is 5.30. The van der Waals surface area contributed by atoms with E-state index in [0.717, 1.165) is 18.4 Å². The molecule has 1 heterocycles. The lowest BCUT2D eigenvalue weighted by Crippen LogP contribution is -2.41. The number of hydrogen-bond acceptors (Lipinski definition) is 4. The summed E-state index contributed by atoms with van der Waals surface area (Å²) in [6.45, 7) is 8.58. The molecule has 1 aromatic carbocycles. The second kappa shape index (κ2) is 9.85. The highest BCUT2D eigenvalue weighted by molar-refractivity contribution is 5.85. The number of carbonyl (C=O) groups excluding carboxylic acids is 3. The van der Waals surface area contributed by atoms with E-state index >= 15 is 0 Å². The van der Waals surface area contributed by atoms with Gasteiger partial charge in [-0.25, -0.2) is 9.18 Å². The molecule has 0 bridgehead atoms. The third-order valence-corrected chi connectivity index (χ3v) is 5.20. The van der Waals surface area contributed by atoms with Crippen LogP contribution in [-0.4, -0.2) is 42.0 Å². The first-order valence-electron chi connectivity index (χ1n) is 10.1. The number of carbonyl (C=O) groups is 3. The number of amides is 3. The van der Waals surface area contributed by atoms with Crippen molar-refractivity contribution in [3.63, 3.8) is 0 Å². The fourth-order valence-electron chi connectivity index (χ4n) is 3.56. The predicted octanol–water partition coefficient (Wildman–Crippen LogP) is 4.10. The molecule has 3 amide bonds. The van der Waals surface area contributed by atoms with Gasteiger partial charge in [-0.2, -0.15) is 0 Å². The standard InChI is InChI=1S/C22H31FN2O4/c1-15(5-8-20(27)24-14-26)18-7-6-17(13-19(18)23)16-9-11-25(12-10-16)21(28)29-22(2,3)4/h6-7,13-16H,5,8-12H2,1-4H3,(H,24,26,27). The fraction of sp³-hybridized carbons (Fsp3) is 0.591. The Kier molecular flexibility index (Phi) is 7.76. The number of imide groups is 1. The molecule has 29 heavy (non-hydrogen) atoms. The highest BCUT2D eigenvalue weighted by Crippen LogP contribution is 2.32. The molecule has 1 N–H and O–H groups in total. The van der Waals surface area contributed by atoms with E-state index in [1.54, 1.807) is 17.0 Å². The smallest absolute Gasteiger partial charge is 0.410 e. The monoisotopic (exact) mass is 406 g/mol. The molecule has 1 fully saturated rings. The second-order valence-corrected chi connectivity index (χ2v) is 8.65. The summed E-state index contributed by atoms with van der Waals surface area (Å²) in [6.07, 6.45) is 2.22. The number of rotatable bonds is 6. The largest absolute Gasteiger partial charge is 0.444 e. The summed E-state index contributed by atoms with van der Waals surface area (Å²) in [5, 5.41) is 2.09. The van der Waals surface area contributed by atoms with Crippen LogP contribution in [0.25, 0.3) is 0 Å². The van der Waals surface area contributed by atoms with Gasteiger partial charge in [-0.3, -0.25) is 14.9 Å². The van der Waals surface area contributed by atoms with Gasteiger partial charge in [0.2, 0.25) is 12.3 Å². The predicted molar refractivity (Wildman–Crippen MR) is 108 cm³/mol. The number of nitrogens with one attached hydrogen (secondary N) is 1. The van der Waals surface area contributed by atoms with Gasteiger partial charge in [0.1, 0.15) is 11.4 Å². The Morgan fingerprint density at radius 2 is 1.97 bits per heavy atom. The number of ether oxygens (including phenoxy) is 1. The van der Waals surface area contributed by atoms with Gasteiger partial charge >= 0.3 is 6.09 Å². The Balaban J connectivity index is 1.93. The van der Waals surface area contributed by atoms with Gasteiger partial charge in [0.15, 0.2) is 0 Å². The lowest BCUT2D eigenvalue weighted by Gasteiger charge is -2.33. The molecular formula is C22H31FN2O4. The first-order chi connectivity index (χ1) is 13.6. The number of likely N-dealkylation sites (tertiary alicyclic amines) is 1. The van der Waals surface area contributed by atoms with E-state index in [-0.39, 0.29) is 36.1 Å². The molecule has 0 spiro atoms. The number of halogens is 1. The first kappa shape index (κ1) is 22.8. The molecule has 1 atom stereocenters. The number of hydrogen-bond donors (Lipinski definition) is 1. The van der Waals surface area contributed by atoms with Crippen molar-refractivity contribution in [1.29, 1.82) is 0 Å². The highest BCUT2D eigenvalue weighted by atomic mass is 19.1. The lowest BCUT2D eigenvalue weighted by molar-refractivity contribution is -0.125. The Labute approximate surface area is 171 Å². The third kappa shape index (κ3) is 6.84. The van der Waals surface area contributed by atoms with Crippen molar-refractivity contribution in [1.82, 2.24) is 10.2 Å². The van der Waals surface area contributed by atoms with Gasteiger partial charge in [0.05, 0.1) is 0 Å². The molecule has 2 rings (SSSR count). The molecular weight excluding hydrogens is 375 g/mol. The molecule has 0 saturated carbocycles. The quantitative estimate of drug-likeness (QED) is 0.722. The maximum atomic E-state index is 14.7. The van der Waals surface area contributed by atoms with Crippen molar-refractivity contribution < 1.29 is 23.5 Å². The first-order valence-corrected chi connectivity index (χ1v) is 10.1. The van der Waals surface area contributed by atoms with E-state index in [0.29, 0.717) is 31.5 Å². The van der Waals surface area contributed by atoms with Crippen LogP contribution >= 0.6 is 0 Å². The van der Waals surface area contributed by atoms with E-state index in [1.165, 1.54) is 0 Å². The molecule has 1 aromatic rings. The van der Waals surface area contributed by atoms with Crippen molar-refractivity contribution in [2.75, 3.05) is 13.1 Å². The SMILES string of the molecule is CC(CCC(=O)NC=O)c1ccc(C2CCN(C(=O)OC(C)(C)C)CC2)cc1F. The van der Waals surface area contributed by atoms with Crippen LogP contribution in [0.1, 0.15) is 76.3 Å². The zero-order valence-electron chi connectivity index (χ0n) is 17.7. The van der Waals surface area contributed by atoms with Crippen LogP contribution in [0.5, 0.6) is 0 Å². The van der Waals surface area contributed by atoms with Crippen molar-refractivity contribution in [3.8, 4) is 0 Å². The van der Waals surface area contributed by atoms with Gasteiger partial charge in [-0.1, -0.05) is 19.1 Å². The van der Waals surface area contributed by atoms with E-state index in [2.05, 4.69) is 5.32 Å². The van der Waals surface area contributed by atoms with Gasteiger partial charge < -0.3 is 9.64 Å². The Morgan fingerprint density at radius 1 is 1.31 bits per heavy atom. The fourth-order valence-corrected chi connectivity index (χ4v) is 3.56. The van der Waals surface area contributed by atoms with Crippen LogP contribution < -0.4 is 5.32 Å². The van der Waals surface area contributed by atoms with E-state index < -0.39 is 5.60 Å². The lowest BCUT2D eigenvalue weighted by atomic mass is 9.87. The summed E-state index contributed by atoms with van der Waals surface area (Å²) in [7, 11) is 0. The Hall–Kier alpha value is -2.44. The van der Waals surface area contributed by atoms with Crippen LogP contribution in [0.15, 0.2) is 18.2 Å².